The molecule has 3 rings (SSSR count). The van der Waals surface area contributed by atoms with Gasteiger partial charge in [-0.2, -0.15) is 13.2 Å². The topological polar surface area (TPSA) is 95.9 Å². The molecule has 0 atom stereocenters. The molecule has 0 aliphatic rings. The zero-order valence-corrected chi connectivity index (χ0v) is 16.6. The Morgan fingerprint density at radius 2 is 1.70 bits per heavy atom. The number of aliphatic hydroxyl groups is 1. The first kappa shape index (κ1) is 21.4. The molecule has 0 unspecified atom stereocenters. The monoisotopic (exact) mass is 418 g/mol. The normalized spacial score (nSPS) is 12.0. The number of hydrogen-bond acceptors (Lipinski definition) is 7. The maximum absolute atomic E-state index is 13.0. The summed E-state index contributed by atoms with van der Waals surface area (Å²) in [5.74, 6) is 0.863. The summed E-state index contributed by atoms with van der Waals surface area (Å²) in [7, 11) is 0. The van der Waals surface area contributed by atoms with E-state index in [1.54, 1.807) is 26.0 Å². The van der Waals surface area contributed by atoms with Crippen LogP contribution < -0.4 is 10.6 Å². The number of alkyl halides is 3. The first-order valence-corrected chi connectivity index (χ1v) is 9.09. The van der Waals surface area contributed by atoms with E-state index in [0.29, 0.717) is 11.5 Å². The molecular formula is C20H21F3N6O. The van der Waals surface area contributed by atoms with Gasteiger partial charge < -0.3 is 15.7 Å². The van der Waals surface area contributed by atoms with E-state index in [2.05, 4.69) is 30.6 Å². The van der Waals surface area contributed by atoms with Crippen molar-refractivity contribution in [2.45, 2.75) is 32.5 Å². The Labute approximate surface area is 171 Å². The molecule has 0 spiro atoms. The second-order valence-electron chi connectivity index (χ2n) is 7.34. The standard InChI is InChI=1S/C20H21F3N6O/c1-12-5-4-6-14(26-12)18-28-16(25-11-19(2,3)30)10-17(29-18)27-15-9-13(7-8-24-15)20(21,22)23/h4-10,30H,11H2,1-3H3,(H2,24,25,27,28,29). The van der Waals surface area contributed by atoms with Crippen LogP contribution in [0.4, 0.5) is 30.6 Å². The molecule has 3 aromatic heterocycles. The van der Waals surface area contributed by atoms with E-state index in [1.165, 1.54) is 6.07 Å². The first-order chi connectivity index (χ1) is 14.0. The predicted molar refractivity (Wildman–Crippen MR) is 107 cm³/mol. The highest BCUT2D eigenvalue weighted by Gasteiger charge is 2.30. The predicted octanol–water partition coefficient (Wildman–Crippen LogP) is 4.19. The Hall–Kier alpha value is -3.27. The number of rotatable bonds is 6. The van der Waals surface area contributed by atoms with Gasteiger partial charge in [-0.15, -0.1) is 0 Å². The summed E-state index contributed by atoms with van der Waals surface area (Å²) in [4.78, 5) is 17.1. The number of aromatic nitrogens is 4. The van der Waals surface area contributed by atoms with Crippen molar-refractivity contribution in [3.63, 3.8) is 0 Å². The summed E-state index contributed by atoms with van der Waals surface area (Å²) in [6.07, 6.45) is -3.41. The van der Waals surface area contributed by atoms with Crippen molar-refractivity contribution in [3.8, 4) is 11.5 Å². The molecule has 0 fully saturated rings. The second-order valence-corrected chi connectivity index (χ2v) is 7.34. The Balaban J connectivity index is 1.97. The number of halogens is 3. The van der Waals surface area contributed by atoms with Gasteiger partial charge >= 0.3 is 6.18 Å². The minimum absolute atomic E-state index is 0.0138. The maximum atomic E-state index is 13.0. The highest BCUT2D eigenvalue weighted by Crippen LogP contribution is 2.30. The van der Waals surface area contributed by atoms with Crippen LogP contribution >= 0.6 is 0 Å². The Kier molecular flexibility index (Phi) is 5.88. The number of anilines is 3. The minimum atomic E-state index is -4.49. The van der Waals surface area contributed by atoms with Gasteiger partial charge in [0, 0.05) is 24.5 Å². The smallest absolute Gasteiger partial charge is 0.389 e. The van der Waals surface area contributed by atoms with Gasteiger partial charge in [0.05, 0.1) is 11.2 Å². The maximum Gasteiger partial charge on any atom is 0.416 e. The second kappa shape index (κ2) is 8.23. The van der Waals surface area contributed by atoms with Gasteiger partial charge in [-0.05, 0) is 45.0 Å². The van der Waals surface area contributed by atoms with Crippen LogP contribution in [0, 0.1) is 6.92 Å². The molecule has 158 valence electrons. The van der Waals surface area contributed by atoms with E-state index in [-0.39, 0.29) is 24.0 Å². The van der Waals surface area contributed by atoms with Crippen molar-refractivity contribution < 1.29 is 18.3 Å². The summed E-state index contributed by atoms with van der Waals surface area (Å²) in [6.45, 7) is 5.30. The Morgan fingerprint density at radius 1 is 0.967 bits per heavy atom. The average Bonchev–Trinajstić information content (AvgIpc) is 2.65. The van der Waals surface area contributed by atoms with Crippen LogP contribution in [-0.4, -0.2) is 37.2 Å². The molecule has 10 heteroatoms. The van der Waals surface area contributed by atoms with Crippen molar-refractivity contribution in [2.24, 2.45) is 0 Å². The Bertz CT molecular complexity index is 1030. The molecule has 3 N–H and O–H groups in total. The third-order valence-electron chi connectivity index (χ3n) is 3.89. The van der Waals surface area contributed by atoms with Crippen LogP contribution in [0.2, 0.25) is 0 Å². The highest BCUT2D eigenvalue weighted by molar-refractivity contribution is 5.62. The largest absolute Gasteiger partial charge is 0.416 e. The molecule has 7 nitrogen and oxygen atoms in total. The first-order valence-electron chi connectivity index (χ1n) is 9.09. The van der Waals surface area contributed by atoms with E-state index in [1.807, 2.05) is 13.0 Å². The summed E-state index contributed by atoms with van der Waals surface area (Å²) >= 11 is 0. The lowest BCUT2D eigenvalue weighted by Crippen LogP contribution is -2.29. The third kappa shape index (κ3) is 5.86. The Morgan fingerprint density at radius 3 is 2.37 bits per heavy atom. The van der Waals surface area contributed by atoms with Gasteiger partial charge in [0.25, 0.3) is 0 Å². The molecule has 3 aromatic rings. The van der Waals surface area contributed by atoms with Crippen LogP contribution in [0.5, 0.6) is 0 Å². The number of nitrogens with zero attached hydrogens (tertiary/aromatic N) is 4. The molecule has 0 saturated heterocycles. The van der Waals surface area contributed by atoms with E-state index in [4.69, 9.17) is 0 Å². The molecule has 0 aromatic carbocycles. The van der Waals surface area contributed by atoms with Crippen molar-refractivity contribution in [2.75, 3.05) is 17.2 Å². The van der Waals surface area contributed by atoms with Gasteiger partial charge in [0.15, 0.2) is 5.82 Å². The summed E-state index contributed by atoms with van der Waals surface area (Å²) in [6, 6.07) is 8.67. The fourth-order valence-corrected chi connectivity index (χ4v) is 2.50. The molecule has 0 radical (unpaired) electrons. The van der Waals surface area contributed by atoms with Gasteiger partial charge in [-0.25, -0.2) is 19.9 Å². The molecule has 0 amide bonds. The lowest BCUT2D eigenvalue weighted by atomic mass is 10.1. The van der Waals surface area contributed by atoms with Gasteiger partial charge in [0.2, 0.25) is 0 Å². The summed E-state index contributed by atoms with van der Waals surface area (Å²) in [5.41, 5.74) is -0.555. The highest BCUT2D eigenvalue weighted by atomic mass is 19.4. The molecule has 0 aliphatic heterocycles. The molecule has 0 bridgehead atoms. The van der Waals surface area contributed by atoms with Crippen LogP contribution in [0.1, 0.15) is 25.1 Å². The zero-order chi connectivity index (χ0) is 21.9. The third-order valence-corrected chi connectivity index (χ3v) is 3.89. The van der Waals surface area contributed by atoms with Gasteiger partial charge in [-0.3, -0.25) is 0 Å². The van der Waals surface area contributed by atoms with Crippen molar-refractivity contribution in [1.82, 2.24) is 19.9 Å². The van der Waals surface area contributed by atoms with Crippen molar-refractivity contribution in [1.29, 1.82) is 0 Å². The molecule has 0 aliphatic carbocycles. The lowest BCUT2D eigenvalue weighted by molar-refractivity contribution is -0.137. The van der Waals surface area contributed by atoms with E-state index in [9.17, 15) is 18.3 Å². The molecule has 0 saturated carbocycles. The molecular weight excluding hydrogens is 397 g/mol. The van der Waals surface area contributed by atoms with E-state index in [0.717, 1.165) is 24.0 Å². The SMILES string of the molecule is Cc1cccc(-c2nc(NCC(C)(C)O)cc(Nc3cc(C(F)(F)F)ccn3)n2)n1. The van der Waals surface area contributed by atoms with Gasteiger partial charge in [0.1, 0.15) is 23.1 Å². The average molecular weight is 418 g/mol. The van der Waals surface area contributed by atoms with Crippen molar-refractivity contribution >= 4 is 17.5 Å². The summed E-state index contributed by atoms with van der Waals surface area (Å²) < 4.78 is 38.9. The number of nitrogens with one attached hydrogen (secondary N) is 2. The summed E-state index contributed by atoms with van der Waals surface area (Å²) in [5, 5.41) is 15.8. The fraction of sp³-hybridized carbons (Fsp3) is 0.300. The fourth-order valence-electron chi connectivity index (χ4n) is 2.50. The zero-order valence-electron chi connectivity index (χ0n) is 16.6. The number of pyridine rings is 2. The van der Waals surface area contributed by atoms with Crippen LogP contribution in [-0.2, 0) is 6.18 Å². The van der Waals surface area contributed by atoms with E-state index < -0.39 is 17.3 Å². The van der Waals surface area contributed by atoms with Crippen LogP contribution in [0.25, 0.3) is 11.5 Å². The lowest BCUT2D eigenvalue weighted by Gasteiger charge is -2.19. The number of aryl methyl sites for hydroxylation is 1. The minimum Gasteiger partial charge on any atom is -0.389 e. The van der Waals surface area contributed by atoms with Gasteiger partial charge in [-0.1, -0.05) is 6.07 Å². The van der Waals surface area contributed by atoms with Crippen molar-refractivity contribution in [3.05, 3.63) is 53.9 Å². The molecule has 30 heavy (non-hydrogen) atoms. The molecule has 3 heterocycles. The quantitative estimate of drug-likeness (QED) is 0.552. The van der Waals surface area contributed by atoms with Crippen LogP contribution in [0.3, 0.4) is 0 Å². The van der Waals surface area contributed by atoms with Crippen LogP contribution in [0.15, 0.2) is 42.6 Å². The number of hydrogen-bond donors (Lipinski definition) is 3. The van der Waals surface area contributed by atoms with E-state index >= 15 is 0 Å².